The van der Waals surface area contributed by atoms with Gasteiger partial charge in [0.25, 0.3) is 5.69 Å². The molecule has 0 amide bonds. The van der Waals surface area contributed by atoms with E-state index >= 15 is 0 Å². The minimum atomic E-state index is -1.04. The Morgan fingerprint density at radius 1 is 1.25 bits per heavy atom. The molecule has 0 radical (unpaired) electrons. The van der Waals surface area contributed by atoms with Crippen molar-refractivity contribution in [3.8, 4) is 0 Å². The van der Waals surface area contributed by atoms with Crippen LogP contribution in [-0.2, 0) is 24.0 Å². The number of methoxy groups -OCH3 is 1. The van der Waals surface area contributed by atoms with Gasteiger partial charge in [-0.3, -0.25) is 25.2 Å². The molecule has 0 saturated carbocycles. The second-order valence-corrected chi connectivity index (χ2v) is 6.02. The number of hydrogen-bond donors (Lipinski definition) is 1. The molecule has 1 aliphatic heterocycles. The monoisotopic (exact) mass is 392 g/mol. The minimum Gasteiger partial charge on any atom is -0.468 e. The van der Waals surface area contributed by atoms with Gasteiger partial charge >= 0.3 is 11.9 Å². The van der Waals surface area contributed by atoms with E-state index in [0.29, 0.717) is 5.71 Å². The smallest absolute Gasteiger partial charge is 0.336 e. The summed E-state index contributed by atoms with van der Waals surface area (Å²) in [6.45, 7) is 2.64. The molecule has 10 heteroatoms. The van der Waals surface area contributed by atoms with Crippen LogP contribution < -0.4 is 0 Å². The molecule has 1 aromatic rings. The van der Waals surface area contributed by atoms with Gasteiger partial charge in [-0.2, -0.15) is 0 Å². The maximum Gasteiger partial charge on any atom is 0.336 e. The fraction of sp³-hybridized carbons (Fsp3) is 0.389. The summed E-state index contributed by atoms with van der Waals surface area (Å²) in [5.74, 6) is -3.55. The molecular formula is C18H20N2O8. The number of ether oxygens (including phenoxy) is 2. The van der Waals surface area contributed by atoms with Crippen LogP contribution in [0.3, 0.4) is 0 Å². The first kappa shape index (κ1) is 21.2. The van der Waals surface area contributed by atoms with Gasteiger partial charge in [0.1, 0.15) is 19.1 Å². The van der Waals surface area contributed by atoms with Gasteiger partial charge in [-0.15, -0.1) is 0 Å². The first-order valence-corrected chi connectivity index (χ1v) is 8.34. The number of para-hydroxylation sites is 1. The van der Waals surface area contributed by atoms with Gasteiger partial charge in [0.05, 0.1) is 17.6 Å². The lowest BCUT2D eigenvalue weighted by Crippen LogP contribution is -2.36. The van der Waals surface area contributed by atoms with Crippen LogP contribution in [0.4, 0.5) is 5.69 Å². The third-order valence-corrected chi connectivity index (χ3v) is 4.38. The Bertz CT molecular complexity index is 846. The topological polar surface area (TPSA) is 138 Å². The fourth-order valence-electron chi connectivity index (χ4n) is 3.24. The van der Waals surface area contributed by atoms with Crippen LogP contribution in [0, 0.1) is 16.0 Å². The van der Waals surface area contributed by atoms with Crippen molar-refractivity contribution in [1.82, 2.24) is 0 Å². The number of nitro groups is 1. The molecule has 2 rings (SSSR count). The first-order chi connectivity index (χ1) is 13.3. The SMILES string of the molecule is COC(=O)C1C(C)=NC(C)=C(C(=O)OCCOO)C1c1ccccc1[N+](=O)[O-]. The number of carbonyl (C=O) groups excluding carboxylic acids is 2. The highest BCUT2D eigenvalue weighted by Crippen LogP contribution is 2.43. The third-order valence-electron chi connectivity index (χ3n) is 4.38. The summed E-state index contributed by atoms with van der Waals surface area (Å²) in [4.78, 5) is 44.3. The van der Waals surface area contributed by atoms with Crippen LogP contribution in [0.1, 0.15) is 25.3 Å². The fourth-order valence-corrected chi connectivity index (χ4v) is 3.24. The Morgan fingerprint density at radius 3 is 2.54 bits per heavy atom. The Kier molecular flexibility index (Phi) is 6.96. The Labute approximate surface area is 160 Å². The molecule has 150 valence electrons. The average molecular weight is 392 g/mol. The van der Waals surface area contributed by atoms with Crippen molar-refractivity contribution in [2.45, 2.75) is 19.8 Å². The summed E-state index contributed by atoms with van der Waals surface area (Å²) in [5, 5.41) is 19.9. The number of carbonyl (C=O) groups is 2. The van der Waals surface area contributed by atoms with E-state index in [2.05, 4.69) is 9.88 Å². The Morgan fingerprint density at radius 2 is 1.93 bits per heavy atom. The third kappa shape index (κ3) is 4.24. The molecule has 1 aromatic carbocycles. The molecule has 0 aromatic heterocycles. The maximum atomic E-state index is 12.7. The Hall–Kier alpha value is -3.11. The summed E-state index contributed by atoms with van der Waals surface area (Å²) >= 11 is 0. The zero-order chi connectivity index (χ0) is 20.8. The number of nitrogens with zero attached hydrogens (tertiary/aromatic N) is 2. The van der Waals surface area contributed by atoms with Gasteiger partial charge in [0.15, 0.2) is 0 Å². The van der Waals surface area contributed by atoms with Crippen LogP contribution in [0.5, 0.6) is 0 Å². The number of allylic oxidation sites excluding steroid dienone is 1. The number of benzene rings is 1. The normalized spacial score (nSPS) is 19.1. The van der Waals surface area contributed by atoms with E-state index in [-0.39, 0.29) is 35.7 Å². The van der Waals surface area contributed by atoms with Crippen molar-refractivity contribution in [1.29, 1.82) is 0 Å². The van der Waals surface area contributed by atoms with Crippen LogP contribution in [0.2, 0.25) is 0 Å². The lowest BCUT2D eigenvalue weighted by atomic mass is 9.75. The number of aliphatic imine (C=N–C) groups is 1. The van der Waals surface area contributed by atoms with E-state index in [4.69, 9.17) is 14.7 Å². The van der Waals surface area contributed by atoms with E-state index in [1.54, 1.807) is 19.9 Å². The standard InChI is InChI=1S/C18H20N2O8/c1-10-14(17(21)26-3)16(12-6-4-5-7-13(12)20(23)24)15(11(2)19-10)18(22)27-8-9-28-25/h4-7,14,16,25H,8-9H2,1-3H3. The molecule has 28 heavy (non-hydrogen) atoms. The quantitative estimate of drug-likeness (QED) is 0.245. The lowest BCUT2D eigenvalue weighted by Gasteiger charge is -2.31. The van der Waals surface area contributed by atoms with Gasteiger partial charge in [0.2, 0.25) is 0 Å². The van der Waals surface area contributed by atoms with E-state index in [0.717, 1.165) is 0 Å². The highest BCUT2D eigenvalue weighted by Gasteiger charge is 2.44. The highest BCUT2D eigenvalue weighted by atomic mass is 17.1. The van der Waals surface area contributed by atoms with E-state index in [9.17, 15) is 19.7 Å². The second kappa shape index (κ2) is 9.20. The van der Waals surface area contributed by atoms with E-state index < -0.39 is 28.7 Å². The first-order valence-electron chi connectivity index (χ1n) is 8.34. The molecule has 1 aliphatic rings. The Balaban J connectivity index is 2.65. The van der Waals surface area contributed by atoms with Gasteiger partial charge in [0, 0.05) is 29.0 Å². The van der Waals surface area contributed by atoms with Crippen LogP contribution in [-0.4, -0.2) is 48.2 Å². The average Bonchev–Trinajstić information content (AvgIpc) is 2.66. The molecule has 0 fully saturated rings. The summed E-state index contributed by atoms with van der Waals surface area (Å²) in [5.41, 5.74) is 0.571. The number of esters is 2. The predicted molar refractivity (Wildman–Crippen MR) is 96.7 cm³/mol. The van der Waals surface area contributed by atoms with Gasteiger partial charge < -0.3 is 9.47 Å². The minimum absolute atomic E-state index is 0.00763. The van der Waals surface area contributed by atoms with Gasteiger partial charge in [-0.1, -0.05) is 18.2 Å². The molecule has 10 nitrogen and oxygen atoms in total. The van der Waals surface area contributed by atoms with Crippen molar-refractivity contribution in [3.63, 3.8) is 0 Å². The molecule has 0 spiro atoms. The lowest BCUT2D eigenvalue weighted by molar-refractivity contribution is -0.385. The molecule has 1 N–H and O–H groups in total. The van der Waals surface area contributed by atoms with Crippen molar-refractivity contribution in [3.05, 3.63) is 51.2 Å². The van der Waals surface area contributed by atoms with Crippen molar-refractivity contribution >= 4 is 23.3 Å². The van der Waals surface area contributed by atoms with Gasteiger partial charge in [-0.25, -0.2) is 9.68 Å². The zero-order valence-corrected chi connectivity index (χ0v) is 15.6. The van der Waals surface area contributed by atoms with Gasteiger partial charge in [-0.05, 0) is 13.8 Å². The number of rotatable bonds is 7. The highest BCUT2D eigenvalue weighted by molar-refractivity contribution is 6.07. The molecule has 0 saturated heterocycles. The molecule has 2 atom stereocenters. The van der Waals surface area contributed by atoms with Crippen molar-refractivity contribution < 1.29 is 34.1 Å². The number of nitro benzene ring substituents is 1. The summed E-state index contributed by atoms with van der Waals surface area (Å²) in [6.07, 6.45) is 0. The zero-order valence-electron chi connectivity index (χ0n) is 15.6. The molecule has 2 unspecified atom stereocenters. The summed E-state index contributed by atoms with van der Waals surface area (Å²) in [6, 6.07) is 5.85. The summed E-state index contributed by atoms with van der Waals surface area (Å²) in [7, 11) is 1.19. The second-order valence-electron chi connectivity index (χ2n) is 6.02. The van der Waals surface area contributed by atoms with Crippen LogP contribution in [0.15, 0.2) is 40.5 Å². The molecule has 0 bridgehead atoms. The van der Waals surface area contributed by atoms with Crippen LogP contribution in [0.25, 0.3) is 0 Å². The van der Waals surface area contributed by atoms with E-state index in [1.165, 1.54) is 25.3 Å². The molecule has 0 aliphatic carbocycles. The van der Waals surface area contributed by atoms with E-state index in [1.807, 2.05) is 0 Å². The molecular weight excluding hydrogens is 372 g/mol. The summed E-state index contributed by atoms with van der Waals surface area (Å²) < 4.78 is 9.92. The molecule has 1 heterocycles. The number of hydrogen-bond acceptors (Lipinski definition) is 9. The van der Waals surface area contributed by atoms with Crippen LogP contribution >= 0.6 is 0 Å². The van der Waals surface area contributed by atoms with Crippen molar-refractivity contribution in [2.75, 3.05) is 20.3 Å². The van der Waals surface area contributed by atoms with Crippen molar-refractivity contribution in [2.24, 2.45) is 10.9 Å². The largest absolute Gasteiger partial charge is 0.468 e. The predicted octanol–water partition coefficient (Wildman–Crippen LogP) is 2.25. The maximum absolute atomic E-state index is 12.7.